The van der Waals surface area contributed by atoms with E-state index in [0.717, 1.165) is 19.4 Å². The first kappa shape index (κ1) is 16.9. The fourth-order valence-electron chi connectivity index (χ4n) is 2.11. The molecule has 116 valence electrons. The van der Waals surface area contributed by atoms with Gasteiger partial charge in [-0.3, -0.25) is 4.79 Å². The Morgan fingerprint density at radius 3 is 2.75 bits per heavy atom. The maximum atomic E-state index is 11.6. The van der Waals surface area contributed by atoms with Gasteiger partial charge in [0.2, 0.25) is 5.91 Å². The highest BCUT2D eigenvalue weighted by Gasteiger charge is 2.21. The van der Waals surface area contributed by atoms with Crippen molar-refractivity contribution >= 4 is 11.9 Å². The maximum Gasteiger partial charge on any atom is 0.326 e. The second-order valence-corrected chi connectivity index (χ2v) is 5.55. The molecule has 1 saturated heterocycles. The van der Waals surface area contributed by atoms with Gasteiger partial charge < -0.3 is 19.9 Å². The standard InChI is InChI=1S/C14H25NO5/c1-10(2)8-12(14(17)18)15-13(16)5-7-19-9-11-4-3-6-20-11/h10-12H,3-9H2,1-2H3,(H,15,16)(H,17,18)/t11-,12-/m0/s1. The van der Waals surface area contributed by atoms with Crippen molar-refractivity contribution in [3.8, 4) is 0 Å². The van der Waals surface area contributed by atoms with Crippen molar-refractivity contribution in [3.05, 3.63) is 0 Å². The van der Waals surface area contributed by atoms with Gasteiger partial charge in [-0.05, 0) is 25.2 Å². The molecule has 6 heteroatoms. The number of amides is 1. The number of hydrogen-bond acceptors (Lipinski definition) is 4. The molecule has 1 aliphatic rings. The summed E-state index contributed by atoms with van der Waals surface area (Å²) in [5.74, 6) is -1.06. The van der Waals surface area contributed by atoms with Crippen molar-refractivity contribution < 1.29 is 24.2 Å². The lowest BCUT2D eigenvalue weighted by Gasteiger charge is -2.16. The molecule has 0 aromatic carbocycles. The van der Waals surface area contributed by atoms with Gasteiger partial charge in [0.1, 0.15) is 6.04 Å². The average molecular weight is 287 g/mol. The molecule has 1 aliphatic heterocycles. The summed E-state index contributed by atoms with van der Waals surface area (Å²) in [4.78, 5) is 22.7. The van der Waals surface area contributed by atoms with Crippen LogP contribution in [0.2, 0.25) is 0 Å². The Hall–Kier alpha value is -1.14. The van der Waals surface area contributed by atoms with E-state index in [1.165, 1.54) is 0 Å². The predicted octanol–water partition coefficient (Wildman–Crippen LogP) is 1.19. The molecular weight excluding hydrogens is 262 g/mol. The van der Waals surface area contributed by atoms with Crippen LogP contribution in [0.5, 0.6) is 0 Å². The first-order valence-corrected chi connectivity index (χ1v) is 7.20. The van der Waals surface area contributed by atoms with Gasteiger partial charge in [0.25, 0.3) is 0 Å². The van der Waals surface area contributed by atoms with Crippen LogP contribution in [0.3, 0.4) is 0 Å². The Morgan fingerprint density at radius 2 is 2.20 bits per heavy atom. The molecule has 0 radical (unpaired) electrons. The number of carbonyl (C=O) groups excluding carboxylic acids is 1. The lowest BCUT2D eigenvalue weighted by atomic mass is 10.0. The summed E-state index contributed by atoms with van der Waals surface area (Å²) in [7, 11) is 0. The summed E-state index contributed by atoms with van der Waals surface area (Å²) in [5.41, 5.74) is 0. The quantitative estimate of drug-likeness (QED) is 0.622. The first-order chi connectivity index (χ1) is 9.49. The van der Waals surface area contributed by atoms with E-state index >= 15 is 0 Å². The molecule has 1 fully saturated rings. The molecule has 1 rings (SSSR count). The van der Waals surface area contributed by atoms with Crippen LogP contribution in [-0.4, -0.2) is 48.9 Å². The first-order valence-electron chi connectivity index (χ1n) is 7.20. The minimum Gasteiger partial charge on any atom is -0.480 e. The van der Waals surface area contributed by atoms with Gasteiger partial charge in [0.05, 0.1) is 19.3 Å². The lowest BCUT2D eigenvalue weighted by Crippen LogP contribution is -2.42. The van der Waals surface area contributed by atoms with E-state index < -0.39 is 12.0 Å². The van der Waals surface area contributed by atoms with Crippen molar-refractivity contribution in [2.24, 2.45) is 5.92 Å². The number of ether oxygens (including phenoxy) is 2. The van der Waals surface area contributed by atoms with Crippen molar-refractivity contribution in [1.29, 1.82) is 0 Å². The van der Waals surface area contributed by atoms with Crippen molar-refractivity contribution in [2.45, 2.75) is 51.7 Å². The monoisotopic (exact) mass is 287 g/mol. The van der Waals surface area contributed by atoms with Gasteiger partial charge in [0, 0.05) is 13.0 Å². The van der Waals surface area contributed by atoms with Gasteiger partial charge in [-0.2, -0.15) is 0 Å². The Morgan fingerprint density at radius 1 is 1.45 bits per heavy atom. The number of carboxylic acid groups (broad SMARTS) is 1. The van der Waals surface area contributed by atoms with Gasteiger partial charge in [-0.1, -0.05) is 13.8 Å². The van der Waals surface area contributed by atoms with E-state index in [-0.39, 0.29) is 24.3 Å². The fraction of sp³-hybridized carbons (Fsp3) is 0.857. The molecule has 0 aliphatic carbocycles. The SMILES string of the molecule is CC(C)C[C@H](NC(=O)CCOC[C@@H]1CCCO1)C(=O)O. The summed E-state index contributed by atoms with van der Waals surface area (Å²) >= 11 is 0. The molecule has 0 saturated carbocycles. The molecule has 0 spiro atoms. The molecule has 0 aromatic heterocycles. The number of rotatable bonds is 9. The van der Waals surface area contributed by atoms with Gasteiger partial charge in [-0.15, -0.1) is 0 Å². The van der Waals surface area contributed by atoms with Crippen LogP contribution in [-0.2, 0) is 19.1 Å². The fourth-order valence-corrected chi connectivity index (χ4v) is 2.11. The maximum absolute atomic E-state index is 11.6. The largest absolute Gasteiger partial charge is 0.480 e. The van der Waals surface area contributed by atoms with E-state index in [9.17, 15) is 9.59 Å². The molecule has 0 bridgehead atoms. The topological polar surface area (TPSA) is 84.9 Å². The van der Waals surface area contributed by atoms with Gasteiger partial charge in [0.15, 0.2) is 0 Å². The van der Waals surface area contributed by atoms with E-state index in [2.05, 4.69) is 5.32 Å². The van der Waals surface area contributed by atoms with Crippen molar-refractivity contribution in [2.75, 3.05) is 19.8 Å². The summed E-state index contributed by atoms with van der Waals surface area (Å²) in [6, 6.07) is -0.819. The number of carboxylic acids is 1. The van der Waals surface area contributed by atoms with Crippen LogP contribution >= 0.6 is 0 Å². The Kier molecular flexibility index (Phi) is 7.54. The Labute approximate surface area is 119 Å². The molecule has 2 N–H and O–H groups in total. The number of aliphatic carboxylic acids is 1. The zero-order valence-corrected chi connectivity index (χ0v) is 12.3. The summed E-state index contributed by atoms with van der Waals surface area (Å²) < 4.78 is 10.8. The molecule has 0 aromatic rings. The minimum absolute atomic E-state index is 0.144. The van der Waals surface area contributed by atoms with Gasteiger partial charge in [-0.25, -0.2) is 4.79 Å². The molecule has 0 unspecified atom stereocenters. The van der Waals surface area contributed by atoms with Crippen LogP contribution in [0.1, 0.15) is 39.5 Å². The van der Waals surface area contributed by atoms with E-state index in [1.807, 2.05) is 13.8 Å². The van der Waals surface area contributed by atoms with E-state index in [1.54, 1.807) is 0 Å². The van der Waals surface area contributed by atoms with Crippen molar-refractivity contribution in [1.82, 2.24) is 5.32 Å². The van der Waals surface area contributed by atoms with E-state index in [4.69, 9.17) is 14.6 Å². The molecular formula is C14H25NO5. The molecule has 2 atom stereocenters. The molecule has 1 amide bonds. The third-order valence-corrected chi connectivity index (χ3v) is 3.14. The van der Waals surface area contributed by atoms with Crippen LogP contribution in [0, 0.1) is 5.92 Å². The second-order valence-electron chi connectivity index (χ2n) is 5.55. The third-order valence-electron chi connectivity index (χ3n) is 3.14. The normalized spacial score (nSPS) is 20.1. The summed E-state index contributed by atoms with van der Waals surface area (Å²) in [6.07, 6.45) is 2.81. The molecule has 1 heterocycles. The van der Waals surface area contributed by atoms with E-state index in [0.29, 0.717) is 19.6 Å². The second kappa shape index (κ2) is 8.92. The number of nitrogens with one attached hydrogen (secondary N) is 1. The zero-order valence-electron chi connectivity index (χ0n) is 12.3. The summed E-state index contributed by atoms with van der Waals surface area (Å²) in [6.45, 7) is 5.42. The number of carbonyl (C=O) groups is 2. The lowest BCUT2D eigenvalue weighted by molar-refractivity contribution is -0.142. The molecule has 6 nitrogen and oxygen atoms in total. The summed E-state index contributed by atoms with van der Waals surface area (Å²) in [5, 5.41) is 11.6. The minimum atomic E-state index is -0.993. The highest BCUT2D eigenvalue weighted by atomic mass is 16.5. The van der Waals surface area contributed by atoms with Crippen LogP contribution in [0.25, 0.3) is 0 Å². The highest BCUT2D eigenvalue weighted by Crippen LogP contribution is 2.12. The average Bonchev–Trinajstić information content (AvgIpc) is 2.86. The van der Waals surface area contributed by atoms with Crippen molar-refractivity contribution in [3.63, 3.8) is 0 Å². The third kappa shape index (κ3) is 6.86. The Bertz CT molecular complexity index is 313. The van der Waals surface area contributed by atoms with Gasteiger partial charge >= 0.3 is 5.97 Å². The molecule has 20 heavy (non-hydrogen) atoms. The smallest absolute Gasteiger partial charge is 0.326 e. The zero-order chi connectivity index (χ0) is 15.0. The van der Waals surface area contributed by atoms with Crippen LogP contribution in [0.15, 0.2) is 0 Å². The van der Waals surface area contributed by atoms with Crippen LogP contribution in [0.4, 0.5) is 0 Å². The highest BCUT2D eigenvalue weighted by molar-refractivity contribution is 5.83. The Balaban J connectivity index is 2.15. The van der Waals surface area contributed by atoms with Crippen LogP contribution < -0.4 is 5.32 Å². The predicted molar refractivity (Wildman–Crippen MR) is 73.4 cm³/mol. The number of hydrogen-bond donors (Lipinski definition) is 2.